The molecule has 43 heavy (non-hydrogen) atoms. The third kappa shape index (κ3) is 7.64. The van der Waals surface area contributed by atoms with Gasteiger partial charge < -0.3 is 36.6 Å². The van der Waals surface area contributed by atoms with Crippen molar-refractivity contribution in [1.82, 2.24) is 25.6 Å². The molecule has 0 saturated heterocycles. The molecule has 0 fully saturated rings. The topological polar surface area (TPSA) is 204 Å². The Morgan fingerprint density at radius 3 is 2.19 bits per heavy atom. The van der Waals surface area contributed by atoms with Gasteiger partial charge in [0.25, 0.3) is 11.8 Å². The number of methoxy groups -OCH3 is 2. The number of nitrogens with two attached hydrogens (primary N) is 2. The summed E-state index contributed by atoms with van der Waals surface area (Å²) in [7, 11) is 2.53. The number of aryl methyl sites for hydroxylation is 2. The lowest BCUT2D eigenvalue weighted by molar-refractivity contribution is -0.143. The average Bonchev–Trinajstić information content (AvgIpc) is 3.43. The third-order valence-corrected chi connectivity index (χ3v) is 6.87. The number of carbonyl (C=O) groups is 4. The highest BCUT2D eigenvalue weighted by Gasteiger charge is 2.22. The Balaban J connectivity index is 1.27. The van der Waals surface area contributed by atoms with Crippen LogP contribution in [0.1, 0.15) is 55.0 Å². The number of fused-ring (bicyclic) bond motifs is 1. The summed E-state index contributed by atoms with van der Waals surface area (Å²) < 4.78 is 9.51. The number of ether oxygens (including phenoxy) is 2. The smallest absolute Gasteiger partial charge is 0.337 e. The maximum absolute atomic E-state index is 12.9. The second-order valence-corrected chi connectivity index (χ2v) is 9.72. The van der Waals surface area contributed by atoms with Crippen molar-refractivity contribution < 1.29 is 28.7 Å². The van der Waals surface area contributed by atoms with Gasteiger partial charge in [-0.2, -0.15) is 9.97 Å². The van der Waals surface area contributed by atoms with Gasteiger partial charge in [-0.25, -0.2) is 9.59 Å². The number of esters is 2. The van der Waals surface area contributed by atoms with Crippen molar-refractivity contribution in [1.29, 1.82) is 0 Å². The molecule has 0 aliphatic heterocycles. The van der Waals surface area contributed by atoms with Gasteiger partial charge in [0.1, 0.15) is 17.5 Å². The van der Waals surface area contributed by atoms with E-state index in [-0.39, 0.29) is 24.8 Å². The van der Waals surface area contributed by atoms with Crippen molar-refractivity contribution in [2.24, 2.45) is 0 Å². The first kappa shape index (κ1) is 30.5. The third-order valence-electron chi connectivity index (χ3n) is 6.87. The first-order valence-electron chi connectivity index (χ1n) is 13.5. The number of amides is 2. The van der Waals surface area contributed by atoms with Gasteiger partial charge in [0.05, 0.1) is 25.2 Å². The Kier molecular flexibility index (Phi) is 9.89. The highest BCUT2D eigenvalue weighted by atomic mass is 16.5. The lowest BCUT2D eigenvalue weighted by Crippen LogP contribution is -2.42. The zero-order valence-electron chi connectivity index (χ0n) is 23.8. The van der Waals surface area contributed by atoms with Crippen LogP contribution in [0.5, 0.6) is 0 Å². The molecule has 0 aliphatic rings. The minimum atomic E-state index is -0.892. The van der Waals surface area contributed by atoms with Crippen LogP contribution in [0, 0.1) is 0 Å². The standard InChI is InChI=1S/C30H33N7O6/c1-42-28(40)20-13-11-18(12-14-20)26(38)33-15-3-4-22(29(41)43-2)35-27(39)19-8-5-17(6-9-19)7-10-21-16-34-25-23(21)24(31)36-30(32)37-25/h5-6,8-9,11-14,16,22H,3-4,7,10,15H2,1-2H3,(H,33,38)(H,35,39)(H5,31,32,34,36,37)/t22-/m0/s1. The Morgan fingerprint density at radius 2 is 1.51 bits per heavy atom. The fraction of sp³-hybridized carbons (Fsp3) is 0.267. The molecule has 2 aromatic heterocycles. The fourth-order valence-corrected chi connectivity index (χ4v) is 4.56. The molecule has 13 nitrogen and oxygen atoms in total. The number of rotatable bonds is 12. The molecule has 1 atom stereocenters. The van der Waals surface area contributed by atoms with E-state index in [1.807, 2.05) is 18.3 Å². The van der Waals surface area contributed by atoms with E-state index in [4.69, 9.17) is 16.2 Å². The number of benzene rings is 2. The normalized spacial score (nSPS) is 11.5. The molecule has 0 spiro atoms. The van der Waals surface area contributed by atoms with E-state index in [2.05, 4.69) is 30.3 Å². The lowest BCUT2D eigenvalue weighted by Gasteiger charge is -2.17. The molecule has 2 heterocycles. The number of nitrogens with one attached hydrogen (secondary N) is 3. The molecule has 0 radical (unpaired) electrons. The van der Waals surface area contributed by atoms with Crippen LogP contribution in [0.4, 0.5) is 11.8 Å². The molecule has 0 bridgehead atoms. The summed E-state index contributed by atoms with van der Waals surface area (Å²) in [5, 5.41) is 6.22. The number of aromatic amines is 1. The van der Waals surface area contributed by atoms with E-state index in [0.717, 1.165) is 16.5 Å². The van der Waals surface area contributed by atoms with Gasteiger partial charge in [0, 0.05) is 23.9 Å². The minimum Gasteiger partial charge on any atom is -0.467 e. The van der Waals surface area contributed by atoms with Gasteiger partial charge in [0.2, 0.25) is 5.95 Å². The van der Waals surface area contributed by atoms with Crippen molar-refractivity contribution in [3.63, 3.8) is 0 Å². The number of hydrogen-bond acceptors (Lipinski definition) is 10. The molecule has 2 aromatic carbocycles. The predicted molar refractivity (Wildman–Crippen MR) is 159 cm³/mol. The van der Waals surface area contributed by atoms with Crippen molar-refractivity contribution in [3.8, 4) is 0 Å². The maximum Gasteiger partial charge on any atom is 0.337 e. The van der Waals surface area contributed by atoms with Gasteiger partial charge in [-0.1, -0.05) is 12.1 Å². The second kappa shape index (κ2) is 13.9. The minimum absolute atomic E-state index is 0.106. The summed E-state index contributed by atoms with van der Waals surface area (Å²) in [6.07, 6.45) is 3.84. The molecular formula is C30H33N7O6. The molecule has 2 amide bonds. The molecule has 7 N–H and O–H groups in total. The lowest BCUT2D eigenvalue weighted by atomic mass is 10.0. The molecule has 4 rings (SSSR count). The van der Waals surface area contributed by atoms with Gasteiger partial charge in [-0.05, 0) is 73.2 Å². The summed E-state index contributed by atoms with van der Waals surface area (Å²) in [6.45, 7) is 0.261. The average molecular weight is 588 g/mol. The van der Waals surface area contributed by atoms with Crippen LogP contribution in [0.15, 0.2) is 54.7 Å². The number of H-pyrrole nitrogens is 1. The van der Waals surface area contributed by atoms with Crippen LogP contribution in [0.2, 0.25) is 0 Å². The quantitative estimate of drug-likeness (QED) is 0.121. The first-order valence-corrected chi connectivity index (χ1v) is 13.5. The molecule has 224 valence electrons. The summed E-state index contributed by atoms with van der Waals surface area (Å²) in [5.74, 6) is -1.40. The maximum atomic E-state index is 12.9. The molecule has 4 aromatic rings. The Bertz CT molecular complexity index is 1620. The number of carbonyl (C=O) groups excluding carboxylic acids is 4. The molecular weight excluding hydrogens is 554 g/mol. The highest BCUT2D eigenvalue weighted by Crippen LogP contribution is 2.24. The monoisotopic (exact) mass is 587 g/mol. The van der Waals surface area contributed by atoms with Crippen LogP contribution >= 0.6 is 0 Å². The van der Waals surface area contributed by atoms with Crippen molar-refractivity contribution >= 4 is 46.6 Å². The highest BCUT2D eigenvalue weighted by molar-refractivity contribution is 5.97. The molecule has 13 heteroatoms. The zero-order chi connectivity index (χ0) is 30.9. The van der Waals surface area contributed by atoms with E-state index in [0.29, 0.717) is 47.4 Å². The summed E-state index contributed by atoms with van der Waals surface area (Å²) in [6, 6.07) is 12.2. The summed E-state index contributed by atoms with van der Waals surface area (Å²) in [4.78, 5) is 60.5. The van der Waals surface area contributed by atoms with E-state index < -0.39 is 23.9 Å². The molecule has 0 saturated carbocycles. The zero-order valence-corrected chi connectivity index (χ0v) is 23.8. The number of aromatic nitrogens is 3. The van der Waals surface area contributed by atoms with Crippen LogP contribution in [0.3, 0.4) is 0 Å². The SMILES string of the molecule is COC(=O)c1ccc(C(=O)NCCC[C@H](NC(=O)c2ccc(CCc3c[nH]c4nc(N)nc(N)c34)cc2)C(=O)OC)cc1. The first-order chi connectivity index (χ1) is 20.7. The number of hydrogen-bond donors (Lipinski definition) is 5. The Hall–Kier alpha value is -5.46. The fourth-order valence-electron chi connectivity index (χ4n) is 4.56. The van der Waals surface area contributed by atoms with Crippen molar-refractivity contribution in [2.45, 2.75) is 31.7 Å². The van der Waals surface area contributed by atoms with E-state index in [1.165, 1.54) is 38.5 Å². The number of anilines is 2. The van der Waals surface area contributed by atoms with E-state index in [9.17, 15) is 19.2 Å². The van der Waals surface area contributed by atoms with Crippen LogP contribution in [0.25, 0.3) is 11.0 Å². The Morgan fingerprint density at radius 1 is 0.860 bits per heavy atom. The van der Waals surface area contributed by atoms with Crippen LogP contribution < -0.4 is 22.1 Å². The molecule has 0 unspecified atom stereocenters. The summed E-state index contributed by atoms with van der Waals surface area (Å²) in [5.41, 5.74) is 15.3. The Labute approximate surface area is 247 Å². The van der Waals surface area contributed by atoms with Crippen LogP contribution in [-0.2, 0) is 27.1 Å². The van der Waals surface area contributed by atoms with Crippen molar-refractivity contribution in [2.75, 3.05) is 32.2 Å². The number of nitrogen functional groups attached to an aromatic ring is 2. The van der Waals surface area contributed by atoms with Gasteiger partial charge in [-0.3, -0.25) is 9.59 Å². The van der Waals surface area contributed by atoms with Crippen molar-refractivity contribution in [3.05, 3.63) is 82.5 Å². The van der Waals surface area contributed by atoms with E-state index in [1.54, 1.807) is 12.1 Å². The van der Waals surface area contributed by atoms with Gasteiger partial charge >= 0.3 is 11.9 Å². The van der Waals surface area contributed by atoms with Gasteiger partial charge in [0.15, 0.2) is 0 Å². The predicted octanol–water partition coefficient (Wildman–Crippen LogP) is 2.18. The second-order valence-electron chi connectivity index (χ2n) is 9.72. The van der Waals surface area contributed by atoms with Crippen LogP contribution in [-0.4, -0.2) is 65.5 Å². The van der Waals surface area contributed by atoms with Gasteiger partial charge in [-0.15, -0.1) is 0 Å². The summed E-state index contributed by atoms with van der Waals surface area (Å²) >= 11 is 0. The molecule has 0 aliphatic carbocycles. The number of nitrogens with zero attached hydrogens (tertiary/aromatic N) is 2. The largest absolute Gasteiger partial charge is 0.467 e. The van der Waals surface area contributed by atoms with E-state index >= 15 is 0 Å².